The van der Waals surface area contributed by atoms with Gasteiger partial charge < -0.3 is 5.32 Å². The van der Waals surface area contributed by atoms with E-state index in [2.05, 4.69) is 20.4 Å². The predicted molar refractivity (Wildman–Crippen MR) is 113 cm³/mol. The summed E-state index contributed by atoms with van der Waals surface area (Å²) in [5.41, 5.74) is 1.25. The molecule has 158 valence electrons. The maximum absolute atomic E-state index is 12.8. The number of nitrogens with zero attached hydrogens (tertiary/aromatic N) is 6. The Kier molecular flexibility index (Phi) is 5.54. The number of amides is 1. The second-order valence-electron chi connectivity index (χ2n) is 6.71. The molecular formula is C19H17N7O4S. The van der Waals surface area contributed by atoms with E-state index < -0.39 is 4.92 Å². The molecule has 4 rings (SSSR count). The molecule has 1 N–H and O–H groups in total. The lowest BCUT2D eigenvalue weighted by Crippen LogP contribution is -2.28. The number of nitro groups is 1. The Morgan fingerprint density at radius 3 is 2.74 bits per heavy atom. The van der Waals surface area contributed by atoms with Gasteiger partial charge in [-0.15, -0.1) is 11.3 Å². The van der Waals surface area contributed by atoms with Crippen molar-refractivity contribution in [1.82, 2.24) is 29.6 Å². The van der Waals surface area contributed by atoms with Crippen LogP contribution in [0.25, 0.3) is 11.0 Å². The number of nitro benzene ring substituents is 1. The standard InChI is InChI=1S/C19H17N7O4S/c1-12-23-16(10-31-12)18(27)20-6-7-25-17-15(8-22-25)19(28)24(11-21-17)9-13-2-4-14(5-3-13)26(29)30/h2-5,8,10-11H,6-7,9H2,1H3,(H,20,27). The summed E-state index contributed by atoms with van der Waals surface area (Å²) in [5.74, 6) is -0.265. The second kappa shape index (κ2) is 8.44. The zero-order chi connectivity index (χ0) is 22.0. The fourth-order valence-electron chi connectivity index (χ4n) is 3.03. The van der Waals surface area contributed by atoms with Crippen molar-refractivity contribution < 1.29 is 9.72 Å². The van der Waals surface area contributed by atoms with Crippen LogP contribution in [0.3, 0.4) is 0 Å². The summed E-state index contributed by atoms with van der Waals surface area (Å²) < 4.78 is 2.97. The Morgan fingerprint density at radius 1 is 1.29 bits per heavy atom. The van der Waals surface area contributed by atoms with Crippen molar-refractivity contribution in [3.63, 3.8) is 0 Å². The number of hydrogen-bond donors (Lipinski definition) is 1. The number of carbonyl (C=O) groups excluding carboxylic acids is 1. The van der Waals surface area contributed by atoms with Gasteiger partial charge in [-0.25, -0.2) is 14.6 Å². The number of benzene rings is 1. The topological polar surface area (TPSA) is 138 Å². The molecule has 0 fully saturated rings. The molecule has 0 atom stereocenters. The molecule has 4 aromatic rings. The highest BCUT2D eigenvalue weighted by Crippen LogP contribution is 2.13. The lowest BCUT2D eigenvalue weighted by molar-refractivity contribution is -0.384. The first-order valence-electron chi connectivity index (χ1n) is 9.27. The highest BCUT2D eigenvalue weighted by Gasteiger charge is 2.13. The number of non-ortho nitro benzene ring substituents is 1. The van der Waals surface area contributed by atoms with E-state index >= 15 is 0 Å². The SMILES string of the molecule is Cc1nc(C(=O)NCCn2ncc3c(=O)n(Cc4ccc([N+](=O)[O-])cc4)cnc32)cs1. The van der Waals surface area contributed by atoms with E-state index in [1.165, 1.54) is 40.6 Å². The van der Waals surface area contributed by atoms with Crippen LogP contribution in [-0.4, -0.2) is 41.7 Å². The van der Waals surface area contributed by atoms with Crippen LogP contribution >= 0.6 is 11.3 Å². The van der Waals surface area contributed by atoms with Gasteiger partial charge in [-0.3, -0.25) is 24.3 Å². The summed E-state index contributed by atoms with van der Waals surface area (Å²) >= 11 is 1.40. The molecule has 0 unspecified atom stereocenters. The van der Waals surface area contributed by atoms with Crippen LogP contribution in [-0.2, 0) is 13.1 Å². The maximum Gasteiger partial charge on any atom is 0.270 e. The third-order valence-corrected chi connectivity index (χ3v) is 5.36. The highest BCUT2D eigenvalue weighted by molar-refractivity contribution is 7.09. The van der Waals surface area contributed by atoms with Gasteiger partial charge in [-0.05, 0) is 12.5 Å². The highest BCUT2D eigenvalue weighted by atomic mass is 32.1. The molecule has 0 bridgehead atoms. The molecule has 0 spiro atoms. The molecule has 0 aliphatic carbocycles. The third-order valence-electron chi connectivity index (χ3n) is 4.58. The Morgan fingerprint density at radius 2 is 2.06 bits per heavy atom. The molecule has 0 saturated heterocycles. The minimum atomic E-state index is -0.474. The van der Waals surface area contributed by atoms with Gasteiger partial charge in [0.2, 0.25) is 0 Å². The van der Waals surface area contributed by atoms with Crippen LogP contribution in [0.5, 0.6) is 0 Å². The molecule has 1 amide bonds. The summed E-state index contributed by atoms with van der Waals surface area (Å²) in [4.78, 5) is 43.6. The molecule has 11 nitrogen and oxygen atoms in total. The fraction of sp³-hybridized carbons (Fsp3) is 0.211. The number of rotatable bonds is 7. The molecule has 0 radical (unpaired) electrons. The monoisotopic (exact) mass is 439 g/mol. The summed E-state index contributed by atoms with van der Waals surface area (Å²) in [7, 11) is 0. The van der Waals surface area contributed by atoms with Crippen molar-refractivity contribution in [2.45, 2.75) is 20.0 Å². The zero-order valence-corrected chi connectivity index (χ0v) is 17.2. The van der Waals surface area contributed by atoms with Crippen molar-refractivity contribution in [3.8, 4) is 0 Å². The van der Waals surface area contributed by atoms with E-state index in [0.29, 0.717) is 29.8 Å². The Bertz CT molecular complexity index is 1320. The Balaban J connectivity index is 1.45. The average Bonchev–Trinajstić information content (AvgIpc) is 3.37. The van der Waals surface area contributed by atoms with E-state index in [9.17, 15) is 19.7 Å². The van der Waals surface area contributed by atoms with Gasteiger partial charge in [0.1, 0.15) is 17.4 Å². The maximum atomic E-state index is 12.8. The number of aromatic nitrogens is 5. The first-order valence-corrected chi connectivity index (χ1v) is 10.1. The second-order valence-corrected chi connectivity index (χ2v) is 7.78. The minimum Gasteiger partial charge on any atom is -0.349 e. The molecule has 31 heavy (non-hydrogen) atoms. The number of aryl methyl sites for hydroxylation is 1. The lowest BCUT2D eigenvalue weighted by Gasteiger charge is -2.07. The molecule has 0 aliphatic heterocycles. The van der Waals surface area contributed by atoms with Gasteiger partial charge in [0.15, 0.2) is 5.65 Å². The van der Waals surface area contributed by atoms with Crippen molar-refractivity contribution in [2.75, 3.05) is 6.54 Å². The average molecular weight is 439 g/mol. The van der Waals surface area contributed by atoms with Crippen molar-refractivity contribution >= 4 is 34.0 Å². The van der Waals surface area contributed by atoms with Crippen LogP contribution in [0.4, 0.5) is 5.69 Å². The van der Waals surface area contributed by atoms with E-state index in [1.54, 1.807) is 22.2 Å². The normalized spacial score (nSPS) is 11.0. The summed E-state index contributed by atoms with van der Waals surface area (Å²) in [5, 5.41) is 20.6. The molecular weight excluding hydrogens is 422 g/mol. The number of carbonyl (C=O) groups is 1. The predicted octanol–water partition coefficient (Wildman–Crippen LogP) is 1.74. The van der Waals surface area contributed by atoms with E-state index in [-0.39, 0.29) is 23.7 Å². The first kappa shape index (κ1) is 20.3. The zero-order valence-electron chi connectivity index (χ0n) is 16.4. The van der Waals surface area contributed by atoms with Gasteiger partial charge in [0, 0.05) is 24.1 Å². The molecule has 12 heteroatoms. The number of nitrogens with one attached hydrogen (secondary N) is 1. The van der Waals surface area contributed by atoms with Crippen LogP contribution < -0.4 is 10.9 Å². The quantitative estimate of drug-likeness (QED) is 0.342. The summed E-state index contributed by atoms with van der Waals surface area (Å²) in [6.45, 7) is 2.71. The van der Waals surface area contributed by atoms with Crippen molar-refractivity contribution in [1.29, 1.82) is 0 Å². The fourth-order valence-corrected chi connectivity index (χ4v) is 3.62. The smallest absolute Gasteiger partial charge is 0.270 e. The van der Waals surface area contributed by atoms with Gasteiger partial charge in [0.05, 0.1) is 29.2 Å². The molecule has 3 heterocycles. The molecule has 0 saturated carbocycles. The van der Waals surface area contributed by atoms with E-state index in [1.807, 2.05) is 6.92 Å². The number of fused-ring (bicyclic) bond motifs is 1. The van der Waals surface area contributed by atoms with Crippen molar-refractivity contribution in [3.05, 3.63) is 78.9 Å². The van der Waals surface area contributed by atoms with Crippen molar-refractivity contribution in [2.24, 2.45) is 0 Å². The lowest BCUT2D eigenvalue weighted by atomic mass is 10.2. The number of thiazole rings is 1. The van der Waals surface area contributed by atoms with Gasteiger partial charge in [-0.1, -0.05) is 12.1 Å². The van der Waals surface area contributed by atoms with Crippen LogP contribution in [0, 0.1) is 17.0 Å². The van der Waals surface area contributed by atoms with Crippen LogP contribution in [0.15, 0.2) is 47.0 Å². The Hall–Kier alpha value is -3.93. The molecule has 3 aromatic heterocycles. The Labute approximate surface area is 179 Å². The molecule has 1 aromatic carbocycles. The third kappa shape index (κ3) is 4.33. The van der Waals surface area contributed by atoms with Crippen LogP contribution in [0.2, 0.25) is 0 Å². The van der Waals surface area contributed by atoms with E-state index in [0.717, 1.165) is 10.6 Å². The van der Waals surface area contributed by atoms with Gasteiger partial charge in [-0.2, -0.15) is 5.10 Å². The first-order chi connectivity index (χ1) is 14.9. The van der Waals surface area contributed by atoms with Gasteiger partial charge >= 0.3 is 0 Å². The molecule has 0 aliphatic rings. The van der Waals surface area contributed by atoms with E-state index in [4.69, 9.17) is 0 Å². The van der Waals surface area contributed by atoms with Crippen LogP contribution in [0.1, 0.15) is 21.1 Å². The van der Waals surface area contributed by atoms with Gasteiger partial charge in [0.25, 0.3) is 17.2 Å². The minimum absolute atomic E-state index is 0.0112. The summed E-state index contributed by atoms with van der Waals surface area (Å²) in [6, 6.07) is 5.99. The summed E-state index contributed by atoms with van der Waals surface area (Å²) in [6.07, 6.45) is 2.86. The largest absolute Gasteiger partial charge is 0.349 e. The number of hydrogen-bond acceptors (Lipinski definition) is 8.